The number of thioether (sulfide) groups is 1. The molecule has 4 unspecified atom stereocenters. The van der Waals surface area contributed by atoms with Crippen LogP contribution in [-0.4, -0.2) is 73.8 Å². The van der Waals surface area contributed by atoms with E-state index in [1.54, 1.807) is 0 Å². The molecule has 164 valence electrons. The zero-order valence-electron chi connectivity index (χ0n) is 16.4. The number of aliphatic hydroxyl groups excluding tert-OH is 2. The lowest BCUT2D eigenvalue weighted by Gasteiger charge is -2.50. The smallest absolute Gasteiger partial charge is 0.255 e. The number of fused-ring (bicyclic) bond motifs is 3. The zero-order chi connectivity index (χ0) is 23.0. The van der Waals surface area contributed by atoms with Gasteiger partial charge in [-0.25, -0.2) is 0 Å². The van der Waals surface area contributed by atoms with E-state index in [9.17, 15) is 34.8 Å². The monoisotopic (exact) mass is 466 g/mol. The Balaban J connectivity index is 1.99. The molecule has 0 spiro atoms. The lowest BCUT2D eigenvalue weighted by Crippen LogP contribution is -2.66. The van der Waals surface area contributed by atoms with Gasteiger partial charge in [0.25, 0.3) is 5.91 Å². The molecule has 9 nitrogen and oxygen atoms in total. The van der Waals surface area contributed by atoms with Crippen molar-refractivity contribution in [1.82, 2.24) is 4.90 Å². The second-order valence-electron chi connectivity index (χ2n) is 7.94. The molecular formula is C20H19ClN2O7S. The number of hydrogen-bond acceptors (Lipinski definition) is 9. The first-order valence-corrected chi connectivity index (χ1v) is 10.5. The second-order valence-corrected chi connectivity index (χ2v) is 9.56. The summed E-state index contributed by atoms with van der Waals surface area (Å²) in [6, 6.07) is 1.58. The number of phenols is 1. The molecular weight excluding hydrogens is 448 g/mol. The van der Waals surface area contributed by atoms with Crippen molar-refractivity contribution in [2.75, 3.05) is 14.1 Å². The number of aliphatic hydroxyl groups is 3. The van der Waals surface area contributed by atoms with Gasteiger partial charge in [-0.2, -0.15) is 0 Å². The van der Waals surface area contributed by atoms with Gasteiger partial charge in [-0.05, 0) is 32.6 Å². The number of benzene rings is 1. The van der Waals surface area contributed by atoms with Crippen LogP contribution in [0.2, 0.25) is 5.02 Å². The fraction of sp³-hybridized carbons (Fsp3) is 0.350. The van der Waals surface area contributed by atoms with E-state index < -0.39 is 57.4 Å². The first-order valence-electron chi connectivity index (χ1n) is 9.25. The maximum atomic E-state index is 13.5. The van der Waals surface area contributed by atoms with Gasteiger partial charge in [0, 0.05) is 16.1 Å². The molecule has 0 aromatic heterocycles. The number of aromatic hydroxyl groups is 1. The molecule has 2 aliphatic carbocycles. The van der Waals surface area contributed by atoms with E-state index in [0.29, 0.717) is 4.90 Å². The number of Topliss-reactive ketones (excluding diaryl/α,β-unsaturated/α-hetero) is 2. The highest BCUT2D eigenvalue weighted by atomic mass is 35.5. The summed E-state index contributed by atoms with van der Waals surface area (Å²) in [6.07, 6.45) is -0.0115. The predicted molar refractivity (Wildman–Crippen MR) is 112 cm³/mol. The van der Waals surface area contributed by atoms with E-state index in [-0.39, 0.29) is 28.3 Å². The van der Waals surface area contributed by atoms with Crippen molar-refractivity contribution in [2.24, 2.45) is 11.7 Å². The van der Waals surface area contributed by atoms with E-state index in [1.165, 1.54) is 31.1 Å². The zero-order valence-corrected chi connectivity index (χ0v) is 18.0. The number of phenolic OH excluding ortho intramolecular Hbond substituents is 1. The highest BCUT2D eigenvalue weighted by molar-refractivity contribution is 8.00. The number of amides is 1. The van der Waals surface area contributed by atoms with E-state index in [0.717, 1.165) is 11.8 Å². The van der Waals surface area contributed by atoms with Crippen molar-refractivity contribution >= 4 is 46.6 Å². The summed E-state index contributed by atoms with van der Waals surface area (Å²) < 4.78 is 0. The first-order chi connectivity index (χ1) is 14.4. The Morgan fingerprint density at radius 3 is 2.48 bits per heavy atom. The molecule has 1 saturated carbocycles. The highest BCUT2D eigenvalue weighted by Gasteiger charge is 2.64. The van der Waals surface area contributed by atoms with Crippen LogP contribution in [0.1, 0.15) is 12.0 Å². The second kappa shape index (κ2) is 6.99. The molecule has 6 N–H and O–H groups in total. The van der Waals surface area contributed by atoms with Gasteiger partial charge in [-0.1, -0.05) is 11.6 Å². The molecule has 0 radical (unpaired) electrons. The van der Waals surface area contributed by atoms with Gasteiger partial charge in [-0.3, -0.25) is 19.3 Å². The van der Waals surface area contributed by atoms with Crippen molar-refractivity contribution in [1.29, 1.82) is 0 Å². The van der Waals surface area contributed by atoms with Crippen molar-refractivity contribution in [3.8, 4) is 5.75 Å². The molecule has 11 heteroatoms. The molecule has 4 rings (SSSR count). The van der Waals surface area contributed by atoms with Crippen LogP contribution < -0.4 is 5.73 Å². The van der Waals surface area contributed by atoms with E-state index in [1.807, 2.05) is 0 Å². The van der Waals surface area contributed by atoms with Gasteiger partial charge >= 0.3 is 0 Å². The molecule has 4 atom stereocenters. The minimum absolute atomic E-state index is 0.0115. The number of carbonyl (C=O) groups excluding carboxylic acids is 3. The number of primary amides is 1. The van der Waals surface area contributed by atoms with E-state index >= 15 is 0 Å². The lowest BCUT2D eigenvalue weighted by molar-refractivity contribution is -0.151. The number of carbonyl (C=O) groups is 3. The molecule has 1 amide bonds. The molecule has 31 heavy (non-hydrogen) atoms. The van der Waals surface area contributed by atoms with Crippen LogP contribution >= 0.6 is 23.4 Å². The van der Waals surface area contributed by atoms with E-state index in [2.05, 4.69) is 0 Å². The van der Waals surface area contributed by atoms with E-state index in [4.69, 9.17) is 17.3 Å². The summed E-state index contributed by atoms with van der Waals surface area (Å²) >= 11 is 7.34. The number of halogens is 1. The van der Waals surface area contributed by atoms with Crippen LogP contribution in [0.15, 0.2) is 33.9 Å². The summed E-state index contributed by atoms with van der Waals surface area (Å²) in [4.78, 5) is 40.1. The van der Waals surface area contributed by atoms with Crippen LogP contribution in [0.25, 0.3) is 5.76 Å². The summed E-state index contributed by atoms with van der Waals surface area (Å²) in [6.45, 7) is 0. The molecule has 1 aromatic rings. The molecule has 1 fully saturated rings. The Morgan fingerprint density at radius 1 is 1.26 bits per heavy atom. The standard InChI is InChI=1S/C20H19ClN2O7S/c1-23(2)13-6-5-9-11(14(25)10-8(24)4-3-7(21)16(10)31-9)17(27)20(6,30)18(28)12(15(13)26)19(22)29/h3-4,6,9,13,24-25,28,30H,5H2,1-2H3,(H2,22,29). The maximum Gasteiger partial charge on any atom is 0.255 e. The summed E-state index contributed by atoms with van der Waals surface area (Å²) in [5.41, 5.74) is 1.46. The molecule has 1 heterocycles. The fourth-order valence-electron chi connectivity index (χ4n) is 4.68. The third-order valence-corrected chi connectivity index (χ3v) is 7.85. The Labute approximate surface area is 185 Å². The Morgan fingerprint density at radius 2 is 1.90 bits per heavy atom. The Kier molecular flexibility index (Phi) is 4.89. The fourth-order valence-corrected chi connectivity index (χ4v) is 6.40. The summed E-state index contributed by atoms with van der Waals surface area (Å²) in [7, 11) is 3.07. The van der Waals surface area contributed by atoms with Gasteiger partial charge in [0.05, 0.1) is 22.2 Å². The van der Waals surface area contributed by atoms with Crippen LogP contribution in [-0.2, 0) is 14.4 Å². The van der Waals surface area contributed by atoms with Gasteiger partial charge in [0.2, 0.25) is 5.78 Å². The normalized spacial score (nSPS) is 30.3. The lowest BCUT2D eigenvalue weighted by atomic mass is 9.62. The molecule has 1 aliphatic heterocycles. The minimum Gasteiger partial charge on any atom is -0.508 e. The maximum absolute atomic E-state index is 13.5. The molecule has 1 aromatic carbocycles. The van der Waals surface area contributed by atoms with Crippen molar-refractivity contribution < 1.29 is 34.8 Å². The third-order valence-electron chi connectivity index (χ3n) is 6.05. The molecule has 0 saturated heterocycles. The van der Waals surface area contributed by atoms with Crippen LogP contribution in [0.5, 0.6) is 5.75 Å². The number of likely N-dealkylation sites (N-methyl/N-ethyl adjacent to an activating group) is 1. The van der Waals surface area contributed by atoms with Crippen LogP contribution in [0.3, 0.4) is 0 Å². The van der Waals surface area contributed by atoms with Gasteiger partial charge in [-0.15, -0.1) is 11.8 Å². The SMILES string of the molecule is CN(C)C1C(=O)C(C(N)=O)=C(O)C2(O)C(=O)C3=C(O)c4c(O)ccc(Cl)c4SC3CC12. The quantitative estimate of drug-likeness (QED) is 0.399. The largest absolute Gasteiger partial charge is 0.508 e. The van der Waals surface area contributed by atoms with Crippen LogP contribution in [0.4, 0.5) is 0 Å². The van der Waals surface area contributed by atoms with Gasteiger partial charge in [0.15, 0.2) is 11.4 Å². The number of hydrogen-bond donors (Lipinski definition) is 5. The Bertz CT molecular complexity index is 1130. The predicted octanol–water partition coefficient (Wildman–Crippen LogP) is 0.919. The Hall–Kier alpha value is -2.53. The molecule has 0 bridgehead atoms. The first kappa shape index (κ1) is 21.7. The number of nitrogens with zero attached hydrogens (tertiary/aromatic N) is 1. The van der Waals surface area contributed by atoms with Crippen molar-refractivity contribution in [2.45, 2.75) is 28.2 Å². The van der Waals surface area contributed by atoms with Gasteiger partial charge < -0.3 is 26.2 Å². The van der Waals surface area contributed by atoms with Crippen molar-refractivity contribution in [3.05, 3.63) is 39.6 Å². The third kappa shape index (κ3) is 2.75. The topological polar surface area (TPSA) is 161 Å². The average molecular weight is 467 g/mol. The highest BCUT2D eigenvalue weighted by Crippen LogP contribution is 2.56. The minimum atomic E-state index is -2.65. The number of ketones is 2. The summed E-state index contributed by atoms with van der Waals surface area (Å²) in [5.74, 6) is -6.30. The number of rotatable bonds is 2. The van der Waals surface area contributed by atoms with Crippen LogP contribution in [0, 0.1) is 5.92 Å². The number of nitrogens with two attached hydrogens (primary N) is 1. The summed E-state index contributed by atoms with van der Waals surface area (Å²) in [5, 5.41) is 42.8. The molecule has 3 aliphatic rings. The average Bonchev–Trinajstić information content (AvgIpc) is 2.67. The van der Waals surface area contributed by atoms with Crippen molar-refractivity contribution in [3.63, 3.8) is 0 Å². The van der Waals surface area contributed by atoms with Gasteiger partial charge in [0.1, 0.15) is 22.8 Å².